The maximum atomic E-state index is 13.2. The normalized spacial score (nSPS) is 20.6. The number of rotatable bonds is 8. The number of halogens is 1. The van der Waals surface area contributed by atoms with Gasteiger partial charge in [0.15, 0.2) is 11.9 Å². The van der Waals surface area contributed by atoms with Crippen LogP contribution in [-0.2, 0) is 24.4 Å². The van der Waals surface area contributed by atoms with Crippen molar-refractivity contribution in [2.45, 2.75) is 37.2 Å². The minimum Gasteiger partial charge on any atom is -0.459 e. The van der Waals surface area contributed by atoms with Crippen LogP contribution in [0.3, 0.4) is 0 Å². The van der Waals surface area contributed by atoms with E-state index in [0.29, 0.717) is 16.7 Å². The van der Waals surface area contributed by atoms with Gasteiger partial charge in [-0.05, 0) is 31.2 Å². The van der Waals surface area contributed by atoms with Crippen LogP contribution in [0.25, 0.3) is 22.3 Å². The van der Waals surface area contributed by atoms with E-state index in [2.05, 4.69) is 15.9 Å². The first-order valence-corrected chi connectivity index (χ1v) is 13.9. The van der Waals surface area contributed by atoms with Crippen molar-refractivity contribution in [1.82, 2.24) is 19.7 Å². The number of hydrogen-bond acceptors (Lipinski definition) is 10. The molecule has 11 nitrogen and oxygen atoms in total. The largest absolute Gasteiger partial charge is 0.459 e. The monoisotopic (exact) mass is 579 g/mol. The number of hydrogen-bond donors (Lipinski definition) is 1. The predicted molar refractivity (Wildman–Crippen MR) is 147 cm³/mol. The lowest BCUT2D eigenvalue weighted by molar-refractivity contribution is -0.0713. The quantitative estimate of drug-likeness (QED) is 0.187. The Morgan fingerprint density at radius 3 is 2.54 bits per heavy atom. The van der Waals surface area contributed by atoms with Crippen LogP contribution in [-0.4, -0.2) is 59.6 Å². The van der Waals surface area contributed by atoms with E-state index in [0.717, 1.165) is 23.3 Å². The van der Waals surface area contributed by atoms with Gasteiger partial charge in [-0.3, -0.25) is 0 Å². The number of aromatic nitrogens is 4. The maximum absolute atomic E-state index is 13.2. The Balaban J connectivity index is 1.43. The lowest BCUT2D eigenvalue weighted by atomic mass is 10.0. The third kappa shape index (κ3) is 5.62. The van der Waals surface area contributed by atoms with Crippen LogP contribution >= 0.6 is 0 Å². The summed E-state index contributed by atoms with van der Waals surface area (Å²) in [6, 6.07) is 12.1. The van der Waals surface area contributed by atoms with E-state index >= 15 is 0 Å². The third-order valence-corrected chi connectivity index (χ3v) is 7.73. The molecule has 0 bridgehead atoms. The molecule has 4 atom stereocenters. The van der Waals surface area contributed by atoms with Gasteiger partial charge in [-0.1, -0.05) is 42.7 Å². The number of nitrogen functional groups attached to an aromatic ring is 1. The smallest absolute Gasteiger partial charge is 0.338 e. The first-order valence-electron chi connectivity index (χ1n) is 12.6. The minimum atomic E-state index is -4.89. The minimum absolute atomic E-state index is 0.00630. The van der Waals surface area contributed by atoms with Gasteiger partial charge in [0, 0.05) is 11.5 Å². The summed E-state index contributed by atoms with van der Waals surface area (Å²) in [7, 11) is -4.89. The molecule has 0 saturated carbocycles. The summed E-state index contributed by atoms with van der Waals surface area (Å²) in [6.07, 6.45) is 4.79. The summed E-state index contributed by atoms with van der Waals surface area (Å²) in [5.41, 5.74) is 9.20. The van der Waals surface area contributed by atoms with E-state index in [-0.39, 0.29) is 30.5 Å². The Hall–Kier alpha value is -4.38. The highest BCUT2D eigenvalue weighted by molar-refractivity contribution is 7.86. The molecule has 3 heterocycles. The summed E-state index contributed by atoms with van der Waals surface area (Å²) in [5, 5.41) is 5.37. The molecule has 0 spiro atoms. The van der Waals surface area contributed by atoms with Gasteiger partial charge in [0.25, 0.3) is 0 Å². The molecule has 13 heteroatoms. The molecule has 1 saturated heterocycles. The molecule has 1 aliphatic heterocycles. The van der Waals surface area contributed by atoms with Gasteiger partial charge < -0.3 is 19.9 Å². The number of aryl methyl sites for hydroxylation is 1. The molecule has 2 N–H and O–H groups in total. The van der Waals surface area contributed by atoms with Crippen LogP contribution in [0.2, 0.25) is 0 Å². The van der Waals surface area contributed by atoms with Crippen molar-refractivity contribution < 1.29 is 31.3 Å². The van der Waals surface area contributed by atoms with E-state index in [4.69, 9.17) is 31.5 Å². The second-order valence-corrected chi connectivity index (χ2v) is 10.9. The fourth-order valence-corrected chi connectivity index (χ4v) is 5.16. The van der Waals surface area contributed by atoms with Gasteiger partial charge in [0.05, 0.1) is 21.9 Å². The molecule has 4 aromatic rings. The van der Waals surface area contributed by atoms with Crippen molar-refractivity contribution >= 4 is 33.0 Å². The zero-order valence-corrected chi connectivity index (χ0v) is 22.9. The number of terminal acetylenes is 1. The van der Waals surface area contributed by atoms with Crippen LogP contribution in [0.1, 0.15) is 29.1 Å². The standard InChI is InChI=1S/C28H26FN5O6S/c1-4-13-38-24-17(3)21(14-39-28(35)19-9-11-20(12-10-19)41(29,36)37)40-27(24)34-26-22(25(30)31-15-32-26)23(33-34)18-7-5-16(2)6-8-18/h1,5-12,15,17,21,24,27H,13-14H2,2-3H3,(H2,30,31,32)/t17-,21-,24-,27-/m1/s1. The number of carbonyl (C=O) groups is 1. The lowest BCUT2D eigenvalue weighted by Gasteiger charge is -2.21. The number of nitrogens with zero attached hydrogens (tertiary/aromatic N) is 4. The van der Waals surface area contributed by atoms with Gasteiger partial charge in [-0.25, -0.2) is 19.4 Å². The lowest BCUT2D eigenvalue weighted by Crippen LogP contribution is -2.30. The topological polar surface area (TPSA) is 149 Å². The summed E-state index contributed by atoms with van der Waals surface area (Å²) in [6.45, 7) is 3.70. The number of esters is 1. The highest BCUT2D eigenvalue weighted by Gasteiger charge is 2.46. The van der Waals surface area contributed by atoms with Crippen molar-refractivity contribution in [3.05, 3.63) is 66.0 Å². The van der Waals surface area contributed by atoms with E-state index in [1.807, 2.05) is 38.1 Å². The summed E-state index contributed by atoms with van der Waals surface area (Å²) in [5.74, 6) is 1.67. The molecular formula is C28H26FN5O6S. The molecule has 2 aromatic heterocycles. The van der Waals surface area contributed by atoms with Crippen LogP contribution in [0.4, 0.5) is 9.70 Å². The van der Waals surface area contributed by atoms with Gasteiger partial charge in [0.2, 0.25) is 0 Å². The Kier molecular flexibility index (Phi) is 7.72. The highest BCUT2D eigenvalue weighted by Crippen LogP contribution is 2.40. The number of benzene rings is 2. The van der Waals surface area contributed by atoms with Crippen molar-refractivity contribution in [1.29, 1.82) is 0 Å². The van der Waals surface area contributed by atoms with E-state index in [9.17, 15) is 17.1 Å². The second kappa shape index (κ2) is 11.2. The third-order valence-electron chi connectivity index (χ3n) is 6.89. The number of fused-ring (bicyclic) bond motifs is 1. The van der Waals surface area contributed by atoms with E-state index < -0.39 is 39.5 Å². The van der Waals surface area contributed by atoms with E-state index in [1.165, 1.54) is 18.5 Å². The predicted octanol–water partition coefficient (Wildman–Crippen LogP) is 3.45. The Morgan fingerprint density at radius 1 is 1.17 bits per heavy atom. The first kappa shape index (κ1) is 28.2. The Labute approximate surface area is 235 Å². The molecular weight excluding hydrogens is 553 g/mol. The fraction of sp³-hybridized carbons (Fsp3) is 0.286. The average molecular weight is 580 g/mol. The van der Waals surface area contributed by atoms with Gasteiger partial charge >= 0.3 is 16.2 Å². The zero-order chi connectivity index (χ0) is 29.3. The molecule has 0 radical (unpaired) electrons. The van der Waals surface area contributed by atoms with Crippen molar-refractivity contribution in [2.24, 2.45) is 5.92 Å². The number of carbonyl (C=O) groups excluding carboxylic acids is 1. The van der Waals surface area contributed by atoms with Gasteiger partial charge in [-0.2, -0.15) is 13.5 Å². The van der Waals surface area contributed by atoms with E-state index in [1.54, 1.807) is 4.68 Å². The van der Waals surface area contributed by atoms with Crippen LogP contribution < -0.4 is 5.73 Å². The molecule has 212 valence electrons. The second-order valence-electron chi connectivity index (χ2n) is 9.58. The van der Waals surface area contributed by atoms with Crippen LogP contribution in [0.5, 0.6) is 0 Å². The first-order chi connectivity index (χ1) is 19.6. The van der Waals surface area contributed by atoms with Crippen LogP contribution in [0.15, 0.2) is 59.8 Å². The molecule has 41 heavy (non-hydrogen) atoms. The maximum Gasteiger partial charge on any atom is 0.338 e. The Morgan fingerprint density at radius 2 is 1.88 bits per heavy atom. The SMILES string of the molecule is C#CCO[C@@H]1[C@H](C)[C@@H](COC(=O)c2ccc(S(=O)(=O)F)cc2)O[C@H]1n1nc(-c2ccc(C)cc2)c2c(N)ncnc21. The van der Waals surface area contributed by atoms with Crippen molar-refractivity contribution in [3.8, 4) is 23.6 Å². The van der Waals surface area contributed by atoms with Gasteiger partial charge in [0.1, 0.15) is 37.2 Å². The van der Waals surface area contributed by atoms with Crippen molar-refractivity contribution in [2.75, 3.05) is 18.9 Å². The zero-order valence-electron chi connectivity index (χ0n) is 22.1. The molecule has 0 unspecified atom stereocenters. The summed E-state index contributed by atoms with van der Waals surface area (Å²) < 4.78 is 54.6. The molecule has 0 aliphatic carbocycles. The molecule has 5 rings (SSSR count). The molecule has 1 aliphatic rings. The van der Waals surface area contributed by atoms with Crippen molar-refractivity contribution in [3.63, 3.8) is 0 Å². The molecule has 1 fully saturated rings. The summed E-state index contributed by atoms with van der Waals surface area (Å²) in [4.78, 5) is 20.7. The number of nitrogens with two attached hydrogens (primary N) is 1. The average Bonchev–Trinajstić information content (AvgIpc) is 3.49. The number of ether oxygens (including phenoxy) is 3. The Bertz CT molecular complexity index is 1730. The van der Waals surface area contributed by atoms with Gasteiger partial charge in [-0.15, -0.1) is 10.3 Å². The highest BCUT2D eigenvalue weighted by atomic mass is 32.3. The van der Waals surface area contributed by atoms with Crippen LogP contribution in [0, 0.1) is 25.2 Å². The molecule has 0 amide bonds. The molecule has 2 aromatic carbocycles. The number of anilines is 1. The fourth-order valence-electron chi connectivity index (χ4n) is 4.70. The summed E-state index contributed by atoms with van der Waals surface area (Å²) >= 11 is 0.